The maximum Gasteiger partial charge on any atom is 0.320 e. The molecule has 0 heterocycles. The molecule has 1 aliphatic carbocycles. The van der Waals surface area contributed by atoms with Crippen LogP contribution in [0.4, 0.5) is 0 Å². The normalized spacial score (nSPS) is 16.6. The Balaban J connectivity index is 2.31. The molecule has 0 aromatic rings. The molecule has 1 fully saturated rings. The molecule has 0 unspecified atom stereocenters. The quantitative estimate of drug-likeness (QED) is 0.653. The molecule has 1 saturated carbocycles. The topological polar surface area (TPSA) is 29.5 Å². The van der Waals surface area contributed by atoms with Crippen LogP contribution in [0.25, 0.3) is 0 Å². The van der Waals surface area contributed by atoms with Crippen LogP contribution >= 0.6 is 0 Å². The highest BCUT2D eigenvalue weighted by Gasteiger charge is 2.26. The van der Waals surface area contributed by atoms with Crippen molar-refractivity contribution in [3.63, 3.8) is 0 Å². The van der Waals surface area contributed by atoms with Crippen molar-refractivity contribution in [1.82, 2.24) is 4.90 Å². The summed E-state index contributed by atoms with van der Waals surface area (Å²) in [5.74, 6) is 0.732. The van der Waals surface area contributed by atoms with Crippen LogP contribution < -0.4 is 0 Å². The van der Waals surface area contributed by atoms with E-state index in [-0.39, 0.29) is 11.6 Å². The Morgan fingerprint density at radius 2 is 2.00 bits per heavy atom. The second kappa shape index (κ2) is 5.67. The highest BCUT2D eigenvalue weighted by atomic mass is 16.6. The molecular formula is C13H25NO2. The molecule has 0 aromatic carbocycles. The summed E-state index contributed by atoms with van der Waals surface area (Å²) in [7, 11) is 0. The van der Waals surface area contributed by atoms with Gasteiger partial charge in [0.2, 0.25) is 0 Å². The van der Waals surface area contributed by atoms with Crippen molar-refractivity contribution >= 4 is 5.97 Å². The fraction of sp³-hybridized carbons (Fsp3) is 0.923. The number of hydrogen-bond acceptors (Lipinski definition) is 3. The van der Waals surface area contributed by atoms with Crippen molar-refractivity contribution in [3.05, 3.63) is 0 Å². The van der Waals surface area contributed by atoms with E-state index in [1.807, 2.05) is 20.8 Å². The molecule has 16 heavy (non-hydrogen) atoms. The van der Waals surface area contributed by atoms with Crippen LogP contribution in [-0.4, -0.2) is 36.1 Å². The number of carbonyl (C=O) groups excluding carboxylic acids is 1. The number of nitrogens with zero attached hydrogens (tertiary/aromatic N) is 1. The second-order valence-corrected chi connectivity index (χ2v) is 5.76. The Kier molecular flexibility index (Phi) is 4.78. The van der Waals surface area contributed by atoms with Crippen LogP contribution in [0.2, 0.25) is 0 Å². The summed E-state index contributed by atoms with van der Waals surface area (Å²) in [6.45, 7) is 10.4. The first kappa shape index (κ1) is 13.5. The standard InChI is InChI=1S/C13H25NO2/c1-5-8-14(9-11-6-7-11)10-12(15)16-13(2,3)4/h11H,5-10H2,1-4H3. The predicted molar refractivity (Wildman–Crippen MR) is 65.3 cm³/mol. The van der Waals surface area contributed by atoms with E-state index in [4.69, 9.17) is 4.74 Å². The van der Waals surface area contributed by atoms with Gasteiger partial charge in [0.05, 0.1) is 6.54 Å². The molecule has 3 heteroatoms. The van der Waals surface area contributed by atoms with Gasteiger partial charge in [-0.3, -0.25) is 9.69 Å². The Morgan fingerprint density at radius 3 is 2.44 bits per heavy atom. The minimum Gasteiger partial charge on any atom is -0.459 e. The van der Waals surface area contributed by atoms with Crippen molar-refractivity contribution in [2.45, 2.75) is 52.6 Å². The lowest BCUT2D eigenvalue weighted by molar-refractivity contribution is -0.156. The zero-order valence-electron chi connectivity index (χ0n) is 11.1. The van der Waals surface area contributed by atoms with Gasteiger partial charge in [-0.1, -0.05) is 6.92 Å². The fourth-order valence-electron chi connectivity index (χ4n) is 1.77. The molecule has 0 saturated heterocycles. The van der Waals surface area contributed by atoms with Crippen LogP contribution in [0.1, 0.15) is 47.0 Å². The van der Waals surface area contributed by atoms with E-state index < -0.39 is 0 Å². The lowest BCUT2D eigenvalue weighted by atomic mass is 10.2. The predicted octanol–water partition coefficient (Wildman–Crippen LogP) is 2.45. The third kappa shape index (κ3) is 6.11. The van der Waals surface area contributed by atoms with E-state index in [0.29, 0.717) is 6.54 Å². The largest absolute Gasteiger partial charge is 0.459 e. The van der Waals surface area contributed by atoms with Crippen LogP contribution in [-0.2, 0) is 9.53 Å². The maximum atomic E-state index is 11.7. The Labute approximate surface area is 99.1 Å². The van der Waals surface area contributed by atoms with E-state index in [2.05, 4.69) is 11.8 Å². The number of carbonyl (C=O) groups is 1. The van der Waals surface area contributed by atoms with Gasteiger partial charge < -0.3 is 4.74 Å². The Bertz CT molecular complexity index is 229. The first-order valence-electron chi connectivity index (χ1n) is 6.35. The summed E-state index contributed by atoms with van der Waals surface area (Å²) in [6.07, 6.45) is 3.75. The smallest absolute Gasteiger partial charge is 0.320 e. The maximum absolute atomic E-state index is 11.7. The van der Waals surface area contributed by atoms with Crippen LogP contribution in [0, 0.1) is 5.92 Å². The second-order valence-electron chi connectivity index (χ2n) is 5.76. The van der Waals surface area contributed by atoms with Gasteiger partial charge in [0.1, 0.15) is 5.60 Å². The van der Waals surface area contributed by atoms with Gasteiger partial charge in [-0.2, -0.15) is 0 Å². The average molecular weight is 227 g/mol. The van der Waals surface area contributed by atoms with Crippen molar-refractivity contribution < 1.29 is 9.53 Å². The zero-order valence-corrected chi connectivity index (χ0v) is 11.1. The summed E-state index contributed by atoms with van der Waals surface area (Å²) in [5.41, 5.74) is -0.367. The number of esters is 1. The van der Waals surface area contributed by atoms with E-state index in [9.17, 15) is 4.79 Å². The van der Waals surface area contributed by atoms with Gasteiger partial charge in [-0.05, 0) is 52.5 Å². The number of rotatable bonds is 6. The summed E-state index contributed by atoms with van der Waals surface area (Å²) in [6, 6.07) is 0. The molecule has 0 aromatic heterocycles. The Morgan fingerprint density at radius 1 is 1.38 bits per heavy atom. The molecule has 0 aliphatic heterocycles. The molecule has 0 bridgehead atoms. The van der Waals surface area contributed by atoms with Crippen molar-refractivity contribution in [1.29, 1.82) is 0 Å². The molecule has 0 atom stereocenters. The van der Waals surface area contributed by atoms with Crippen LogP contribution in [0.3, 0.4) is 0 Å². The summed E-state index contributed by atoms with van der Waals surface area (Å²) in [5, 5.41) is 0. The number of hydrogen-bond donors (Lipinski definition) is 0. The molecule has 0 spiro atoms. The van der Waals surface area contributed by atoms with Crippen molar-refractivity contribution in [2.75, 3.05) is 19.6 Å². The summed E-state index contributed by atoms with van der Waals surface area (Å²) in [4.78, 5) is 13.9. The average Bonchev–Trinajstić information content (AvgIpc) is 2.84. The van der Waals surface area contributed by atoms with E-state index in [0.717, 1.165) is 25.4 Å². The van der Waals surface area contributed by atoms with Crippen LogP contribution in [0.15, 0.2) is 0 Å². The molecule has 1 aliphatic rings. The van der Waals surface area contributed by atoms with Gasteiger partial charge in [0, 0.05) is 6.54 Å². The molecule has 3 nitrogen and oxygen atoms in total. The fourth-order valence-corrected chi connectivity index (χ4v) is 1.77. The monoisotopic (exact) mass is 227 g/mol. The molecule has 0 amide bonds. The van der Waals surface area contributed by atoms with Gasteiger partial charge >= 0.3 is 5.97 Å². The highest BCUT2D eigenvalue weighted by molar-refractivity contribution is 5.72. The minimum atomic E-state index is -0.367. The summed E-state index contributed by atoms with van der Waals surface area (Å²) >= 11 is 0. The highest BCUT2D eigenvalue weighted by Crippen LogP contribution is 2.29. The van der Waals surface area contributed by atoms with E-state index >= 15 is 0 Å². The lowest BCUT2D eigenvalue weighted by Crippen LogP contribution is -2.36. The minimum absolute atomic E-state index is 0.0957. The zero-order chi connectivity index (χ0) is 12.2. The lowest BCUT2D eigenvalue weighted by Gasteiger charge is -2.24. The first-order valence-corrected chi connectivity index (χ1v) is 6.35. The third-order valence-electron chi connectivity index (χ3n) is 2.53. The van der Waals surface area contributed by atoms with E-state index in [1.54, 1.807) is 0 Å². The molecular weight excluding hydrogens is 202 g/mol. The molecule has 94 valence electrons. The van der Waals surface area contributed by atoms with Gasteiger partial charge in [-0.15, -0.1) is 0 Å². The van der Waals surface area contributed by atoms with Gasteiger partial charge in [-0.25, -0.2) is 0 Å². The molecule has 0 radical (unpaired) electrons. The SMILES string of the molecule is CCCN(CC(=O)OC(C)(C)C)CC1CC1. The van der Waals surface area contributed by atoms with Gasteiger partial charge in [0.25, 0.3) is 0 Å². The number of ether oxygens (including phenoxy) is 1. The molecule has 1 rings (SSSR count). The van der Waals surface area contributed by atoms with Crippen molar-refractivity contribution in [3.8, 4) is 0 Å². The van der Waals surface area contributed by atoms with Gasteiger partial charge in [0.15, 0.2) is 0 Å². The van der Waals surface area contributed by atoms with Crippen LogP contribution in [0.5, 0.6) is 0 Å². The van der Waals surface area contributed by atoms with Crippen molar-refractivity contribution in [2.24, 2.45) is 5.92 Å². The van der Waals surface area contributed by atoms with E-state index in [1.165, 1.54) is 12.8 Å². The Hall–Kier alpha value is -0.570. The first-order chi connectivity index (χ1) is 7.40. The third-order valence-corrected chi connectivity index (χ3v) is 2.53. The molecule has 0 N–H and O–H groups in total. The summed E-state index contributed by atoms with van der Waals surface area (Å²) < 4.78 is 5.34.